The smallest absolute Gasteiger partial charge is 0.335 e. The number of aliphatic hydroxyl groups is 1. The SMILES string of the molecule is O=C(O)c1ccc(Nc2nc3nonc3nc2Nc2ccc(CO)cc2)cc1. The molecular formula is C18H14N6O4. The van der Waals surface area contributed by atoms with E-state index < -0.39 is 5.97 Å². The molecule has 0 saturated carbocycles. The minimum absolute atomic E-state index is 0.0458. The van der Waals surface area contributed by atoms with Crippen LogP contribution in [0.25, 0.3) is 11.3 Å². The van der Waals surface area contributed by atoms with Gasteiger partial charge in [-0.1, -0.05) is 12.1 Å². The quantitative estimate of drug-likeness (QED) is 0.395. The Kier molecular flexibility index (Phi) is 4.52. The topological polar surface area (TPSA) is 146 Å². The Morgan fingerprint density at radius 1 is 0.857 bits per heavy atom. The predicted octanol–water partition coefficient (Wildman–Crippen LogP) is 2.69. The highest BCUT2D eigenvalue weighted by Gasteiger charge is 2.14. The van der Waals surface area contributed by atoms with E-state index in [1.807, 2.05) is 0 Å². The van der Waals surface area contributed by atoms with Crippen molar-refractivity contribution in [2.24, 2.45) is 0 Å². The number of carbonyl (C=O) groups is 1. The number of aromatic nitrogens is 4. The molecule has 0 fully saturated rings. The van der Waals surface area contributed by atoms with Crippen LogP contribution in [-0.2, 0) is 6.61 Å². The average Bonchev–Trinajstić information content (AvgIpc) is 3.16. The second kappa shape index (κ2) is 7.29. The number of carboxylic acid groups (broad SMARTS) is 1. The van der Waals surface area contributed by atoms with Crippen LogP contribution in [0.15, 0.2) is 53.2 Å². The van der Waals surface area contributed by atoms with Crippen molar-refractivity contribution in [3.63, 3.8) is 0 Å². The van der Waals surface area contributed by atoms with Gasteiger partial charge in [0.25, 0.3) is 0 Å². The molecule has 0 aliphatic rings. The largest absolute Gasteiger partial charge is 0.478 e. The van der Waals surface area contributed by atoms with Crippen molar-refractivity contribution in [2.75, 3.05) is 10.6 Å². The Hall–Kier alpha value is -4.05. The van der Waals surface area contributed by atoms with Crippen molar-refractivity contribution in [3.8, 4) is 0 Å². The first kappa shape index (κ1) is 17.4. The number of nitrogens with one attached hydrogen (secondary N) is 2. The molecule has 2 aromatic heterocycles. The Labute approximate surface area is 157 Å². The normalized spacial score (nSPS) is 10.8. The zero-order chi connectivity index (χ0) is 19.5. The first-order valence-electron chi connectivity index (χ1n) is 8.20. The van der Waals surface area contributed by atoms with Gasteiger partial charge in [0, 0.05) is 11.4 Å². The summed E-state index contributed by atoms with van der Waals surface area (Å²) < 4.78 is 4.67. The number of hydrogen-bond donors (Lipinski definition) is 4. The third-order valence-electron chi connectivity index (χ3n) is 3.91. The number of rotatable bonds is 6. The molecule has 4 N–H and O–H groups in total. The summed E-state index contributed by atoms with van der Waals surface area (Å²) in [5, 5.41) is 31.8. The first-order chi connectivity index (χ1) is 13.6. The van der Waals surface area contributed by atoms with Crippen molar-refractivity contribution >= 4 is 40.3 Å². The summed E-state index contributed by atoms with van der Waals surface area (Å²) in [7, 11) is 0. The van der Waals surface area contributed by atoms with Gasteiger partial charge in [-0.15, -0.1) is 0 Å². The van der Waals surface area contributed by atoms with Gasteiger partial charge < -0.3 is 20.8 Å². The lowest BCUT2D eigenvalue weighted by Gasteiger charge is -2.12. The lowest BCUT2D eigenvalue weighted by molar-refractivity contribution is 0.0697. The van der Waals surface area contributed by atoms with Gasteiger partial charge in [-0.3, -0.25) is 0 Å². The van der Waals surface area contributed by atoms with Crippen molar-refractivity contribution in [1.82, 2.24) is 20.3 Å². The highest BCUT2D eigenvalue weighted by molar-refractivity contribution is 5.88. The molecule has 140 valence electrons. The molecule has 0 radical (unpaired) electrons. The summed E-state index contributed by atoms with van der Waals surface area (Å²) >= 11 is 0. The molecule has 0 atom stereocenters. The second-order valence-electron chi connectivity index (χ2n) is 5.82. The Morgan fingerprint density at radius 2 is 1.36 bits per heavy atom. The average molecular weight is 378 g/mol. The molecule has 0 saturated heterocycles. The fourth-order valence-electron chi connectivity index (χ4n) is 2.48. The molecule has 0 aliphatic carbocycles. The molecule has 0 aliphatic heterocycles. The van der Waals surface area contributed by atoms with E-state index in [0.717, 1.165) is 11.3 Å². The molecular weight excluding hydrogens is 364 g/mol. The zero-order valence-corrected chi connectivity index (χ0v) is 14.3. The molecule has 0 unspecified atom stereocenters. The Bertz CT molecular complexity index is 1130. The number of fused-ring (bicyclic) bond motifs is 1. The van der Waals surface area contributed by atoms with Crippen LogP contribution in [0.1, 0.15) is 15.9 Å². The predicted molar refractivity (Wildman–Crippen MR) is 99.7 cm³/mol. The maximum absolute atomic E-state index is 11.0. The highest BCUT2D eigenvalue weighted by Crippen LogP contribution is 2.27. The molecule has 4 rings (SSSR count). The minimum atomic E-state index is -1.00. The van der Waals surface area contributed by atoms with Crippen molar-refractivity contribution < 1.29 is 19.6 Å². The fraction of sp³-hybridized carbons (Fsp3) is 0.0556. The van der Waals surface area contributed by atoms with Gasteiger partial charge in [-0.05, 0) is 52.3 Å². The van der Waals surface area contributed by atoms with Crippen molar-refractivity contribution in [3.05, 3.63) is 59.7 Å². The van der Waals surface area contributed by atoms with Crippen LogP contribution in [-0.4, -0.2) is 36.5 Å². The van der Waals surface area contributed by atoms with Crippen LogP contribution in [0.2, 0.25) is 0 Å². The molecule has 0 bridgehead atoms. The third-order valence-corrected chi connectivity index (χ3v) is 3.91. The van der Waals surface area contributed by atoms with Gasteiger partial charge >= 0.3 is 5.97 Å². The lowest BCUT2D eigenvalue weighted by atomic mass is 10.2. The number of hydrogen-bond acceptors (Lipinski definition) is 9. The maximum atomic E-state index is 11.0. The van der Waals surface area contributed by atoms with E-state index in [1.165, 1.54) is 12.1 Å². The van der Waals surface area contributed by atoms with Crippen LogP contribution in [0, 0.1) is 0 Å². The molecule has 10 heteroatoms. The summed E-state index contributed by atoms with van der Waals surface area (Å²) in [4.78, 5) is 19.7. The number of benzene rings is 2. The van der Waals surface area contributed by atoms with Gasteiger partial charge in [0.2, 0.25) is 11.3 Å². The van der Waals surface area contributed by atoms with Crippen LogP contribution < -0.4 is 10.6 Å². The van der Waals surface area contributed by atoms with Crippen LogP contribution >= 0.6 is 0 Å². The Balaban J connectivity index is 1.67. The summed E-state index contributed by atoms with van der Waals surface area (Å²) in [6, 6.07) is 13.4. The summed E-state index contributed by atoms with van der Waals surface area (Å²) in [5.74, 6) is -0.269. The fourth-order valence-corrected chi connectivity index (χ4v) is 2.48. The third kappa shape index (κ3) is 3.57. The molecule has 0 spiro atoms. The van der Waals surface area contributed by atoms with Gasteiger partial charge in [-0.2, -0.15) is 0 Å². The molecule has 10 nitrogen and oxygen atoms in total. The second-order valence-corrected chi connectivity index (χ2v) is 5.82. The molecule has 2 aromatic carbocycles. The van der Waals surface area contributed by atoms with E-state index in [1.54, 1.807) is 36.4 Å². The minimum Gasteiger partial charge on any atom is -0.478 e. The summed E-state index contributed by atoms with van der Waals surface area (Å²) in [5.41, 5.74) is 2.77. The molecule has 4 aromatic rings. The van der Waals surface area contributed by atoms with Crippen molar-refractivity contribution in [2.45, 2.75) is 6.61 Å². The van der Waals surface area contributed by atoms with Crippen LogP contribution in [0.5, 0.6) is 0 Å². The number of aliphatic hydroxyl groups excluding tert-OH is 1. The summed E-state index contributed by atoms with van der Waals surface area (Å²) in [6.07, 6.45) is 0. The lowest BCUT2D eigenvalue weighted by Crippen LogP contribution is -2.04. The molecule has 28 heavy (non-hydrogen) atoms. The van der Waals surface area contributed by atoms with E-state index in [0.29, 0.717) is 17.3 Å². The number of aromatic carboxylic acids is 1. The van der Waals surface area contributed by atoms with Gasteiger partial charge in [-0.25, -0.2) is 19.4 Å². The molecule has 0 amide bonds. The number of carboxylic acids is 1. The highest BCUT2D eigenvalue weighted by atomic mass is 16.6. The number of anilines is 4. The maximum Gasteiger partial charge on any atom is 0.335 e. The van der Waals surface area contributed by atoms with E-state index in [9.17, 15) is 4.79 Å². The van der Waals surface area contributed by atoms with E-state index in [-0.39, 0.29) is 23.5 Å². The van der Waals surface area contributed by atoms with Gasteiger partial charge in [0.1, 0.15) is 0 Å². The van der Waals surface area contributed by atoms with Crippen LogP contribution in [0.3, 0.4) is 0 Å². The first-order valence-corrected chi connectivity index (χ1v) is 8.20. The summed E-state index contributed by atoms with van der Waals surface area (Å²) in [6.45, 7) is -0.0458. The van der Waals surface area contributed by atoms with E-state index >= 15 is 0 Å². The molecule has 2 heterocycles. The monoisotopic (exact) mass is 378 g/mol. The van der Waals surface area contributed by atoms with Gasteiger partial charge in [0.15, 0.2) is 11.6 Å². The Morgan fingerprint density at radius 3 is 1.82 bits per heavy atom. The van der Waals surface area contributed by atoms with E-state index in [4.69, 9.17) is 10.2 Å². The van der Waals surface area contributed by atoms with Gasteiger partial charge in [0.05, 0.1) is 12.2 Å². The van der Waals surface area contributed by atoms with E-state index in [2.05, 4.69) is 35.5 Å². The standard InChI is InChI=1S/C18H14N6O4/c25-9-10-1-5-12(6-2-10)19-14-15(22-17-16(21-14)23-28-24-17)20-13-7-3-11(4-8-13)18(26)27/h1-8,25H,9H2,(H,26,27)(H,19,21,23)(H,20,22,24). The number of nitrogens with zero attached hydrogens (tertiary/aromatic N) is 4. The zero-order valence-electron chi connectivity index (χ0n) is 14.3. The van der Waals surface area contributed by atoms with Crippen molar-refractivity contribution in [1.29, 1.82) is 0 Å². The van der Waals surface area contributed by atoms with Crippen LogP contribution in [0.4, 0.5) is 23.0 Å².